The van der Waals surface area contributed by atoms with Gasteiger partial charge in [-0.15, -0.1) is 0 Å². The van der Waals surface area contributed by atoms with Crippen molar-refractivity contribution in [3.63, 3.8) is 0 Å². The first kappa shape index (κ1) is 22.3. The molecule has 0 spiro atoms. The lowest BCUT2D eigenvalue weighted by Gasteiger charge is -2.27. The number of fused-ring (bicyclic) bond motifs is 1. The van der Waals surface area contributed by atoms with Crippen LogP contribution in [0.4, 0.5) is 22.0 Å². The van der Waals surface area contributed by atoms with E-state index < -0.39 is 46.0 Å². The number of halogens is 5. The van der Waals surface area contributed by atoms with Gasteiger partial charge in [0.15, 0.2) is 17.5 Å². The molecule has 3 rings (SSSR count). The van der Waals surface area contributed by atoms with Crippen molar-refractivity contribution in [2.24, 2.45) is 11.8 Å². The summed E-state index contributed by atoms with van der Waals surface area (Å²) in [4.78, 5) is 0. The molecule has 0 atom stereocenters. The molecule has 1 aliphatic rings. The molecule has 2 aromatic rings. The van der Waals surface area contributed by atoms with Crippen molar-refractivity contribution in [1.82, 2.24) is 0 Å². The van der Waals surface area contributed by atoms with Crippen LogP contribution in [0.3, 0.4) is 0 Å². The van der Waals surface area contributed by atoms with E-state index in [1.54, 1.807) is 0 Å². The molecule has 30 heavy (non-hydrogen) atoms. The second kappa shape index (κ2) is 9.59. The fourth-order valence-electron chi connectivity index (χ4n) is 4.23. The first-order valence-electron chi connectivity index (χ1n) is 10.3. The molecule has 0 saturated heterocycles. The standard InChI is InChI=1S/C25H25F5/c1-3-5-6-7-15-8-10-17(11-9-15)22(27)23(28)19-14-18-13-12-16(4-2)21(26)20(18)25(30)24(19)29/h3-5,12-15,17H,2,6-11H2,1H3/b5-3+,23-22?. The van der Waals surface area contributed by atoms with E-state index in [-0.39, 0.29) is 10.9 Å². The average molecular weight is 420 g/mol. The highest BCUT2D eigenvalue weighted by atomic mass is 19.2. The molecule has 0 nitrogen and oxygen atoms in total. The third-order valence-corrected chi connectivity index (χ3v) is 6.00. The zero-order valence-electron chi connectivity index (χ0n) is 17.0. The van der Waals surface area contributed by atoms with Crippen LogP contribution in [0.15, 0.2) is 42.8 Å². The first-order valence-corrected chi connectivity index (χ1v) is 10.3. The Hall–Kier alpha value is -2.43. The van der Waals surface area contributed by atoms with E-state index >= 15 is 0 Å². The van der Waals surface area contributed by atoms with E-state index in [1.165, 1.54) is 18.2 Å². The summed E-state index contributed by atoms with van der Waals surface area (Å²) in [6.07, 6.45) is 9.70. The molecule has 1 aliphatic carbocycles. The molecule has 0 unspecified atom stereocenters. The molecule has 1 fully saturated rings. The normalized spacial score (nSPS) is 20.6. The summed E-state index contributed by atoms with van der Waals surface area (Å²) in [5.74, 6) is -6.74. The summed E-state index contributed by atoms with van der Waals surface area (Å²) >= 11 is 0. The van der Waals surface area contributed by atoms with Gasteiger partial charge < -0.3 is 0 Å². The Morgan fingerprint density at radius 3 is 2.37 bits per heavy atom. The molecule has 160 valence electrons. The zero-order valence-corrected chi connectivity index (χ0v) is 17.0. The molecule has 1 saturated carbocycles. The van der Waals surface area contributed by atoms with Crippen LogP contribution < -0.4 is 0 Å². The maximum atomic E-state index is 14.9. The Bertz CT molecular complexity index is 995. The molecule has 0 aliphatic heterocycles. The van der Waals surface area contributed by atoms with Gasteiger partial charge in [0.1, 0.15) is 11.6 Å². The van der Waals surface area contributed by atoms with Gasteiger partial charge >= 0.3 is 0 Å². The minimum Gasteiger partial charge on any atom is -0.208 e. The molecular weight excluding hydrogens is 395 g/mol. The minimum absolute atomic E-state index is 0.00179. The van der Waals surface area contributed by atoms with Gasteiger partial charge in [-0.25, -0.2) is 22.0 Å². The van der Waals surface area contributed by atoms with Crippen molar-refractivity contribution in [3.8, 4) is 0 Å². The van der Waals surface area contributed by atoms with E-state index in [1.807, 2.05) is 13.0 Å². The minimum atomic E-state index is -1.59. The molecule has 0 bridgehead atoms. The predicted octanol–water partition coefficient (Wildman–Crippen LogP) is 8.67. The molecule has 5 heteroatoms. The van der Waals surface area contributed by atoms with Gasteiger partial charge in [-0.3, -0.25) is 0 Å². The van der Waals surface area contributed by atoms with Gasteiger partial charge in [-0.1, -0.05) is 36.9 Å². The summed E-state index contributed by atoms with van der Waals surface area (Å²) in [6.45, 7) is 5.38. The van der Waals surface area contributed by atoms with Gasteiger partial charge in [-0.05, 0) is 62.8 Å². The highest BCUT2D eigenvalue weighted by Gasteiger charge is 2.29. The number of hydrogen-bond donors (Lipinski definition) is 0. The van der Waals surface area contributed by atoms with Crippen molar-refractivity contribution in [2.75, 3.05) is 0 Å². The van der Waals surface area contributed by atoms with Crippen LogP contribution in [0.5, 0.6) is 0 Å². The lowest BCUT2D eigenvalue weighted by Crippen LogP contribution is -2.15. The fourth-order valence-corrected chi connectivity index (χ4v) is 4.23. The summed E-state index contributed by atoms with van der Waals surface area (Å²) in [7, 11) is 0. The lowest BCUT2D eigenvalue weighted by molar-refractivity contribution is 0.263. The van der Waals surface area contributed by atoms with Gasteiger partial charge in [0.25, 0.3) is 0 Å². The maximum Gasteiger partial charge on any atom is 0.170 e. The fraction of sp³-hybridized carbons (Fsp3) is 0.360. The first-order chi connectivity index (χ1) is 14.4. The molecule has 0 aromatic heterocycles. The molecule has 0 amide bonds. The Labute approximate surface area is 173 Å². The molecule has 2 aromatic carbocycles. The van der Waals surface area contributed by atoms with Crippen LogP contribution in [0.1, 0.15) is 56.6 Å². The largest absolute Gasteiger partial charge is 0.208 e. The van der Waals surface area contributed by atoms with Crippen molar-refractivity contribution in [2.45, 2.75) is 45.4 Å². The van der Waals surface area contributed by atoms with Crippen LogP contribution in [0.25, 0.3) is 22.7 Å². The van der Waals surface area contributed by atoms with Gasteiger partial charge in [0.05, 0.1) is 10.9 Å². The van der Waals surface area contributed by atoms with Crippen molar-refractivity contribution < 1.29 is 22.0 Å². The lowest BCUT2D eigenvalue weighted by atomic mass is 9.79. The number of hydrogen-bond acceptors (Lipinski definition) is 0. The van der Waals surface area contributed by atoms with Gasteiger partial charge in [0, 0.05) is 11.5 Å². The number of benzene rings is 2. The molecular formula is C25H25F5. The monoisotopic (exact) mass is 420 g/mol. The molecule has 0 radical (unpaired) electrons. The highest BCUT2D eigenvalue weighted by Crippen LogP contribution is 2.40. The van der Waals surface area contributed by atoms with Crippen molar-refractivity contribution in [3.05, 3.63) is 71.3 Å². The maximum absolute atomic E-state index is 14.9. The Kier molecular flexibility index (Phi) is 7.11. The van der Waals surface area contributed by atoms with E-state index in [0.717, 1.165) is 31.7 Å². The number of rotatable bonds is 6. The van der Waals surface area contributed by atoms with E-state index in [0.29, 0.717) is 18.8 Å². The van der Waals surface area contributed by atoms with Crippen molar-refractivity contribution >= 4 is 22.7 Å². The molecule has 0 N–H and O–H groups in total. The summed E-state index contributed by atoms with van der Waals surface area (Å²) in [5.41, 5.74) is -0.805. The van der Waals surface area contributed by atoms with E-state index in [2.05, 4.69) is 12.7 Å². The van der Waals surface area contributed by atoms with Crippen molar-refractivity contribution in [1.29, 1.82) is 0 Å². The zero-order chi connectivity index (χ0) is 21.8. The number of allylic oxidation sites excluding steroid dienone is 3. The summed E-state index contributed by atoms with van der Waals surface area (Å²) in [5, 5.41) is -0.633. The van der Waals surface area contributed by atoms with Crippen LogP contribution in [0, 0.1) is 29.3 Å². The second-order valence-electron chi connectivity index (χ2n) is 7.85. The predicted molar refractivity (Wildman–Crippen MR) is 113 cm³/mol. The summed E-state index contributed by atoms with van der Waals surface area (Å²) < 4.78 is 73.1. The third-order valence-electron chi connectivity index (χ3n) is 6.00. The second-order valence-corrected chi connectivity index (χ2v) is 7.85. The van der Waals surface area contributed by atoms with Gasteiger partial charge in [0.2, 0.25) is 0 Å². The smallest absolute Gasteiger partial charge is 0.170 e. The van der Waals surface area contributed by atoms with Crippen LogP contribution in [-0.2, 0) is 0 Å². The van der Waals surface area contributed by atoms with Crippen LogP contribution >= 0.6 is 0 Å². The third kappa shape index (κ3) is 4.35. The topological polar surface area (TPSA) is 0 Å². The summed E-state index contributed by atoms with van der Waals surface area (Å²) in [6, 6.07) is 3.63. The van der Waals surface area contributed by atoms with E-state index in [9.17, 15) is 22.0 Å². The average Bonchev–Trinajstić information content (AvgIpc) is 2.76. The SMILES string of the molecule is C=Cc1ccc2cc(C(F)=C(F)C3CCC(CC/C=C/C)CC3)c(F)c(F)c2c1F. The van der Waals surface area contributed by atoms with Crippen LogP contribution in [0.2, 0.25) is 0 Å². The van der Waals surface area contributed by atoms with Crippen LogP contribution in [-0.4, -0.2) is 0 Å². The Morgan fingerprint density at radius 1 is 1.03 bits per heavy atom. The Morgan fingerprint density at radius 2 is 1.73 bits per heavy atom. The molecule has 0 heterocycles. The highest BCUT2D eigenvalue weighted by molar-refractivity contribution is 5.89. The van der Waals surface area contributed by atoms with E-state index in [4.69, 9.17) is 0 Å². The quantitative estimate of drug-likeness (QED) is 0.324. The van der Waals surface area contributed by atoms with Gasteiger partial charge in [-0.2, -0.15) is 0 Å². The Balaban J connectivity index is 1.88.